The van der Waals surface area contributed by atoms with Gasteiger partial charge in [-0.15, -0.1) is 0 Å². The largest absolute Gasteiger partial charge is 0.0871 e. The first-order valence-corrected chi connectivity index (χ1v) is 9.39. The monoisotopic (exact) mass is 360 g/mol. The Balaban J connectivity index is 1.64. The molecule has 0 spiro atoms. The molecule has 8 atom stereocenters. The summed E-state index contributed by atoms with van der Waals surface area (Å²) in [6, 6.07) is 0. The minimum atomic E-state index is 0.313. The quantitative estimate of drug-likeness (QED) is 0.458. The second-order valence-electron chi connectivity index (χ2n) is 7.38. The molecule has 0 N–H and O–H groups in total. The van der Waals surface area contributed by atoms with Gasteiger partial charge >= 0.3 is 0 Å². The van der Waals surface area contributed by atoms with Crippen LogP contribution in [0.3, 0.4) is 0 Å². The molecule has 0 aromatic heterocycles. The summed E-state index contributed by atoms with van der Waals surface area (Å²) in [5.74, 6) is 4.99. The zero-order valence-electron chi connectivity index (χ0n) is 11.4. The summed E-state index contributed by atoms with van der Waals surface area (Å²) in [6.07, 6.45) is 8.89. The van der Waals surface area contributed by atoms with Crippen molar-refractivity contribution >= 4 is 46.4 Å². The molecular formula is C17H16Cl4. The molecule has 0 saturated heterocycles. The third-order valence-electron chi connectivity index (χ3n) is 6.91. The molecule has 3 unspecified atom stereocenters. The Bertz CT molecular complexity index is 564. The predicted octanol–water partition coefficient (Wildman–Crippen LogP) is 6.09. The van der Waals surface area contributed by atoms with Gasteiger partial charge in [0.1, 0.15) is 0 Å². The minimum Gasteiger partial charge on any atom is -0.0871 e. The van der Waals surface area contributed by atoms with E-state index < -0.39 is 0 Å². The van der Waals surface area contributed by atoms with Crippen LogP contribution in [0.15, 0.2) is 32.3 Å². The van der Waals surface area contributed by atoms with Gasteiger partial charge in [-0.3, -0.25) is 0 Å². The van der Waals surface area contributed by atoms with Crippen LogP contribution in [-0.4, -0.2) is 0 Å². The number of allylic oxidation sites excluding steroid dienone is 6. The van der Waals surface area contributed by atoms with E-state index in [9.17, 15) is 0 Å². The van der Waals surface area contributed by atoms with E-state index in [0.29, 0.717) is 33.7 Å². The smallest absolute Gasteiger partial charge is 0.0752 e. The van der Waals surface area contributed by atoms with Gasteiger partial charge in [-0.1, -0.05) is 58.6 Å². The highest BCUT2D eigenvalue weighted by Gasteiger charge is 2.64. The van der Waals surface area contributed by atoms with E-state index in [-0.39, 0.29) is 0 Å². The fraction of sp³-hybridized carbons (Fsp3) is 0.647. The van der Waals surface area contributed by atoms with Crippen LogP contribution in [0, 0.1) is 47.3 Å². The Hall–Kier alpha value is 0.380. The topological polar surface area (TPSA) is 0 Å². The summed E-state index contributed by atoms with van der Waals surface area (Å²) >= 11 is 25.9. The van der Waals surface area contributed by atoms with Crippen molar-refractivity contribution in [1.82, 2.24) is 0 Å². The highest BCUT2D eigenvalue weighted by atomic mass is 35.5. The lowest BCUT2D eigenvalue weighted by atomic mass is 9.53. The lowest BCUT2D eigenvalue weighted by Crippen LogP contribution is -2.46. The number of fused-ring (bicyclic) bond motifs is 6. The third kappa shape index (κ3) is 1.56. The highest BCUT2D eigenvalue weighted by Crippen LogP contribution is 2.71. The Morgan fingerprint density at radius 1 is 0.714 bits per heavy atom. The maximum atomic E-state index is 6.61. The lowest BCUT2D eigenvalue weighted by molar-refractivity contribution is 0.0288. The van der Waals surface area contributed by atoms with E-state index in [4.69, 9.17) is 46.4 Å². The zero-order chi connectivity index (χ0) is 14.5. The van der Waals surface area contributed by atoms with Gasteiger partial charge in [0.25, 0.3) is 0 Å². The van der Waals surface area contributed by atoms with Crippen LogP contribution in [0.1, 0.15) is 19.3 Å². The molecule has 3 saturated carbocycles. The van der Waals surface area contributed by atoms with Gasteiger partial charge in [0.05, 0.1) is 10.1 Å². The standard InChI is InChI=1S/C17H16Cl4/c18-14-12-8-5-9(13(12)15(19)17(21)16(14)20)11-7-2-1-6(3-4-7)10(8)11/h1-2,6-13H,3-5H2/t6-,7?,8-,9+,10?,11?,12-,13+/m0/s1. The van der Waals surface area contributed by atoms with Crippen molar-refractivity contribution in [2.75, 3.05) is 0 Å². The Morgan fingerprint density at radius 2 is 1.14 bits per heavy atom. The average molecular weight is 362 g/mol. The van der Waals surface area contributed by atoms with E-state index in [1.807, 2.05) is 0 Å². The summed E-state index contributed by atoms with van der Waals surface area (Å²) < 4.78 is 0. The van der Waals surface area contributed by atoms with Gasteiger partial charge in [-0.2, -0.15) is 0 Å². The van der Waals surface area contributed by atoms with Crippen molar-refractivity contribution in [3.05, 3.63) is 32.3 Å². The maximum Gasteiger partial charge on any atom is 0.0752 e. The fourth-order valence-corrected chi connectivity index (χ4v) is 7.74. The van der Waals surface area contributed by atoms with E-state index in [1.54, 1.807) is 0 Å². The van der Waals surface area contributed by atoms with E-state index in [1.165, 1.54) is 19.3 Å². The fourth-order valence-electron chi connectivity index (χ4n) is 6.41. The molecule has 6 aliphatic rings. The summed E-state index contributed by atoms with van der Waals surface area (Å²) in [4.78, 5) is 0. The SMILES string of the molecule is ClC1=C(Cl)[C@@H]2[C@H](C(Cl)=C1Cl)[C@@H]1C[C@H]2C2C1C1C=C[C@H]2CC1. The summed E-state index contributed by atoms with van der Waals surface area (Å²) in [5, 5.41) is 2.52. The molecule has 0 aliphatic heterocycles. The maximum absolute atomic E-state index is 6.61. The van der Waals surface area contributed by atoms with E-state index >= 15 is 0 Å². The summed E-state index contributed by atoms with van der Waals surface area (Å²) in [5.41, 5.74) is 0. The molecule has 6 aliphatic carbocycles. The van der Waals surface area contributed by atoms with Crippen molar-refractivity contribution in [2.24, 2.45) is 47.3 Å². The van der Waals surface area contributed by atoms with Crippen molar-refractivity contribution in [3.63, 3.8) is 0 Å². The van der Waals surface area contributed by atoms with Crippen LogP contribution in [0.2, 0.25) is 0 Å². The Labute approximate surface area is 145 Å². The molecule has 4 bridgehead atoms. The molecule has 4 heteroatoms. The van der Waals surface area contributed by atoms with Gasteiger partial charge in [0.2, 0.25) is 0 Å². The average Bonchev–Trinajstić information content (AvgIpc) is 3.10. The van der Waals surface area contributed by atoms with Crippen molar-refractivity contribution in [3.8, 4) is 0 Å². The normalized spacial score (nSPS) is 53.5. The van der Waals surface area contributed by atoms with Crippen LogP contribution in [0.5, 0.6) is 0 Å². The van der Waals surface area contributed by atoms with Gasteiger partial charge in [0.15, 0.2) is 0 Å². The molecule has 0 aromatic carbocycles. The first-order valence-electron chi connectivity index (χ1n) is 7.88. The van der Waals surface area contributed by atoms with Crippen LogP contribution >= 0.6 is 46.4 Å². The van der Waals surface area contributed by atoms with E-state index in [0.717, 1.165) is 33.7 Å². The number of hydrogen-bond acceptors (Lipinski definition) is 0. The molecule has 112 valence electrons. The number of hydrogen-bond donors (Lipinski definition) is 0. The van der Waals surface area contributed by atoms with Crippen molar-refractivity contribution < 1.29 is 0 Å². The molecule has 0 amide bonds. The van der Waals surface area contributed by atoms with Crippen LogP contribution < -0.4 is 0 Å². The second kappa shape index (κ2) is 4.47. The number of halogens is 4. The molecule has 6 rings (SSSR count). The molecule has 0 heterocycles. The van der Waals surface area contributed by atoms with Gasteiger partial charge < -0.3 is 0 Å². The Morgan fingerprint density at radius 3 is 1.52 bits per heavy atom. The Kier molecular flexibility index (Phi) is 2.93. The van der Waals surface area contributed by atoms with Crippen molar-refractivity contribution in [1.29, 1.82) is 0 Å². The van der Waals surface area contributed by atoms with E-state index in [2.05, 4.69) is 12.2 Å². The van der Waals surface area contributed by atoms with Crippen LogP contribution in [0.4, 0.5) is 0 Å². The number of rotatable bonds is 0. The molecule has 0 nitrogen and oxygen atoms in total. The first-order chi connectivity index (χ1) is 10.1. The highest BCUT2D eigenvalue weighted by molar-refractivity contribution is 6.51. The summed E-state index contributed by atoms with van der Waals surface area (Å²) in [7, 11) is 0. The molecule has 0 aromatic rings. The van der Waals surface area contributed by atoms with Gasteiger partial charge in [-0.25, -0.2) is 0 Å². The first kappa shape index (κ1) is 13.8. The molecule has 21 heavy (non-hydrogen) atoms. The van der Waals surface area contributed by atoms with Crippen LogP contribution in [0.25, 0.3) is 0 Å². The van der Waals surface area contributed by atoms with Gasteiger partial charge in [-0.05, 0) is 54.8 Å². The third-order valence-corrected chi connectivity index (χ3v) is 8.87. The molecule has 3 fully saturated rings. The molecular weight excluding hydrogens is 346 g/mol. The zero-order valence-corrected chi connectivity index (χ0v) is 14.4. The summed E-state index contributed by atoms with van der Waals surface area (Å²) in [6.45, 7) is 0. The minimum absolute atomic E-state index is 0.313. The predicted molar refractivity (Wildman–Crippen MR) is 88.4 cm³/mol. The molecule has 0 radical (unpaired) electrons. The van der Waals surface area contributed by atoms with Crippen LogP contribution in [-0.2, 0) is 0 Å². The van der Waals surface area contributed by atoms with Gasteiger partial charge in [0, 0.05) is 21.9 Å². The lowest BCUT2D eigenvalue weighted by Gasteiger charge is -2.52. The second-order valence-corrected chi connectivity index (χ2v) is 8.95. The van der Waals surface area contributed by atoms with Crippen molar-refractivity contribution in [2.45, 2.75) is 19.3 Å².